The van der Waals surface area contributed by atoms with E-state index < -0.39 is 0 Å². The topological polar surface area (TPSA) is 71.2 Å². The van der Waals surface area contributed by atoms with Crippen LogP contribution in [0.25, 0.3) is 0 Å². The number of nitrogens with zero attached hydrogens (tertiary/aromatic N) is 2. The van der Waals surface area contributed by atoms with E-state index in [1.165, 1.54) is 23.4 Å². The predicted molar refractivity (Wildman–Crippen MR) is 92.2 cm³/mol. The van der Waals surface area contributed by atoms with Crippen LogP contribution in [0.2, 0.25) is 0 Å². The Labute approximate surface area is 134 Å². The number of carbonyl (C=O) groups is 1. The highest BCUT2D eigenvalue weighted by Crippen LogP contribution is 2.23. The summed E-state index contributed by atoms with van der Waals surface area (Å²) in [7, 11) is 0. The zero-order valence-electron chi connectivity index (χ0n) is 14.2. The van der Waals surface area contributed by atoms with Gasteiger partial charge in [0.25, 0.3) is 0 Å². The van der Waals surface area contributed by atoms with Crippen molar-refractivity contribution in [1.29, 1.82) is 0 Å². The van der Waals surface area contributed by atoms with Crippen LogP contribution in [-0.2, 0) is 11.2 Å². The van der Waals surface area contributed by atoms with Gasteiger partial charge in [-0.1, -0.05) is 20.3 Å². The minimum Gasteiger partial charge on any atom is -0.370 e. The molecule has 5 heteroatoms. The quantitative estimate of drug-likeness (QED) is 0.873. The number of piperazine rings is 1. The van der Waals surface area contributed by atoms with Gasteiger partial charge < -0.3 is 16.0 Å². The molecule has 1 aromatic rings. The van der Waals surface area contributed by atoms with Crippen LogP contribution in [0.15, 0.2) is 12.3 Å². The van der Waals surface area contributed by atoms with Crippen molar-refractivity contribution in [3.8, 4) is 0 Å². The Hall–Kier alpha value is -1.62. The van der Waals surface area contributed by atoms with Crippen LogP contribution in [0.4, 0.5) is 5.69 Å². The molecule has 0 atom stereocenters. The monoisotopic (exact) mass is 306 g/mol. The first-order valence-electron chi connectivity index (χ1n) is 8.28. The lowest BCUT2D eigenvalue weighted by atomic mass is 10.1. The molecule has 2 rings (SSSR count). The number of aryl methyl sites for hydroxylation is 1. The highest BCUT2D eigenvalue weighted by atomic mass is 16.1. The molecule has 0 spiro atoms. The summed E-state index contributed by atoms with van der Waals surface area (Å²) in [5.74, 6) is -0.211. The lowest BCUT2D eigenvalue weighted by Crippen LogP contribution is -2.44. The highest BCUT2D eigenvalue weighted by Gasteiger charge is 2.15. The van der Waals surface area contributed by atoms with Crippen molar-refractivity contribution in [2.45, 2.75) is 46.5 Å². The summed E-state index contributed by atoms with van der Waals surface area (Å²) >= 11 is 0. The lowest BCUT2D eigenvalue weighted by Gasteiger charge is -2.31. The van der Waals surface area contributed by atoms with Gasteiger partial charge in [0, 0.05) is 50.2 Å². The van der Waals surface area contributed by atoms with E-state index in [0.717, 1.165) is 39.0 Å². The number of anilines is 1. The van der Waals surface area contributed by atoms with Crippen molar-refractivity contribution >= 4 is 11.6 Å². The standard InChI is InChI=1S/C13H21N3.C4H9NO/c1-3-4-12-11(2)15-6-5-13(12)16-9-7-14-8-10-16;1-2-3-4(5)6/h5-6,14H,3-4,7-10H2,1-2H3;2-3H2,1H3,(H2,5,6). The third kappa shape index (κ3) is 6.02. The number of primary amides is 1. The molecular weight excluding hydrogens is 276 g/mol. The van der Waals surface area contributed by atoms with Gasteiger partial charge >= 0.3 is 0 Å². The fourth-order valence-corrected chi connectivity index (χ4v) is 2.59. The summed E-state index contributed by atoms with van der Waals surface area (Å²) in [4.78, 5) is 16.7. The Bertz CT molecular complexity index is 456. The number of hydrogen-bond donors (Lipinski definition) is 2. The Balaban J connectivity index is 0.000000346. The summed E-state index contributed by atoms with van der Waals surface area (Å²) in [6, 6.07) is 2.17. The number of nitrogens with one attached hydrogen (secondary N) is 1. The maximum atomic E-state index is 9.82. The van der Waals surface area contributed by atoms with Gasteiger partial charge in [-0.25, -0.2) is 0 Å². The van der Waals surface area contributed by atoms with Crippen molar-refractivity contribution in [3.63, 3.8) is 0 Å². The van der Waals surface area contributed by atoms with E-state index in [-0.39, 0.29) is 5.91 Å². The molecule has 0 aromatic carbocycles. The molecule has 5 nitrogen and oxygen atoms in total. The second kappa shape index (κ2) is 10.2. The molecule has 0 radical (unpaired) electrons. The number of rotatable bonds is 5. The molecule has 2 heterocycles. The number of hydrogen-bond acceptors (Lipinski definition) is 4. The molecule has 1 aliphatic heterocycles. The van der Waals surface area contributed by atoms with Crippen LogP contribution in [0, 0.1) is 6.92 Å². The summed E-state index contributed by atoms with van der Waals surface area (Å²) in [6.07, 6.45) is 5.63. The van der Waals surface area contributed by atoms with Crippen molar-refractivity contribution in [2.24, 2.45) is 5.73 Å². The molecular formula is C17H30N4O. The van der Waals surface area contributed by atoms with Gasteiger partial charge in [-0.2, -0.15) is 0 Å². The normalized spacial score (nSPS) is 14.2. The Morgan fingerprint density at radius 1 is 1.32 bits per heavy atom. The fourth-order valence-electron chi connectivity index (χ4n) is 2.59. The van der Waals surface area contributed by atoms with Crippen LogP contribution in [-0.4, -0.2) is 37.1 Å². The molecule has 0 unspecified atom stereocenters. The molecule has 124 valence electrons. The molecule has 0 aliphatic carbocycles. The molecule has 3 N–H and O–H groups in total. The van der Waals surface area contributed by atoms with E-state index in [2.05, 4.69) is 35.1 Å². The van der Waals surface area contributed by atoms with Gasteiger partial charge in [0.05, 0.1) is 0 Å². The summed E-state index contributed by atoms with van der Waals surface area (Å²) in [6.45, 7) is 10.7. The molecule has 1 saturated heterocycles. The van der Waals surface area contributed by atoms with E-state index in [4.69, 9.17) is 5.73 Å². The van der Waals surface area contributed by atoms with Gasteiger partial charge in [-0.15, -0.1) is 0 Å². The first-order valence-corrected chi connectivity index (χ1v) is 8.28. The first kappa shape index (κ1) is 18.4. The predicted octanol–water partition coefficient (Wildman–Crippen LogP) is 2.02. The van der Waals surface area contributed by atoms with Gasteiger partial charge in [0.15, 0.2) is 0 Å². The zero-order valence-corrected chi connectivity index (χ0v) is 14.2. The number of amides is 1. The smallest absolute Gasteiger partial charge is 0.217 e. The summed E-state index contributed by atoms with van der Waals surface area (Å²) in [5.41, 5.74) is 8.79. The molecule has 1 aliphatic rings. The number of carbonyl (C=O) groups excluding carboxylic acids is 1. The molecule has 1 aromatic heterocycles. The minimum atomic E-state index is -0.211. The van der Waals surface area contributed by atoms with Crippen LogP contribution in [0.1, 0.15) is 44.4 Å². The van der Waals surface area contributed by atoms with E-state index in [1.54, 1.807) is 0 Å². The lowest BCUT2D eigenvalue weighted by molar-refractivity contribution is -0.118. The van der Waals surface area contributed by atoms with E-state index in [9.17, 15) is 4.79 Å². The Kier molecular flexibility index (Phi) is 8.51. The van der Waals surface area contributed by atoms with Crippen LogP contribution in [0.5, 0.6) is 0 Å². The molecule has 22 heavy (non-hydrogen) atoms. The Morgan fingerprint density at radius 2 is 2.00 bits per heavy atom. The third-order valence-corrected chi connectivity index (χ3v) is 3.70. The maximum absolute atomic E-state index is 9.82. The Morgan fingerprint density at radius 3 is 2.50 bits per heavy atom. The van der Waals surface area contributed by atoms with E-state index in [1.807, 2.05) is 13.1 Å². The van der Waals surface area contributed by atoms with Crippen molar-refractivity contribution in [3.05, 3.63) is 23.5 Å². The van der Waals surface area contributed by atoms with Gasteiger partial charge in [-0.05, 0) is 31.4 Å². The number of aromatic nitrogens is 1. The second-order valence-corrected chi connectivity index (χ2v) is 5.60. The van der Waals surface area contributed by atoms with Crippen LogP contribution in [0.3, 0.4) is 0 Å². The van der Waals surface area contributed by atoms with Crippen LogP contribution < -0.4 is 16.0 Å². The average molecular weight is 306 g/mol. The molecule has 0 saturated carbocycles. The van der Waals surface area contributed by atoms with Crippen molar-refractivity contribution in [1.82, 2.24) is 10.3 Å². The fraction of sp³-hybridized carbons (Fsp3) is 0.647. The van der Waals surface area contributed by atoms with Crippen molar-refractivity contribution < 1.29 is 4.79 Å². The summed E-state index contributed by atoms with van der Waals surface area (Å²) < 4.78 is 0. The van der Waals surface area contributed by atoms with E-state index in [0.29, 0.717) is 6.42 Å². The number of nitrogens with two attached hydrogens (primary N) is 1. The highest BCUT2D eigenvalue weighted by molar-refractivity contribution is 5.73. The maximum Gasteiger partial charge on any atom is 0.217 e. The van der Waals surface area contributed by atoms with Gasteiger partial charge in [0.2, 0.25) is 5.91 Å². The van der Waals surface area contributed by atoms with Gasteiger partial charge in [-0.3, -0.25) is 9.78 Å². The largest absolute Gasteiger partial charge is 0.370 e. The third-order valence-electron chi connectivity index (χ3n) is 3.70. The summed E-state index contributed by atoms with van der Waals surface area (Å²) in [5, 5.41) is 3.39. The first-order chi connectivity index (χ1) is 10.6. The average Bonchev–Trinajstić information content (AvgIpc) is 2.51. The molecule has 1 fully saturated rings. The number of pyridine rings is 1. The molecule has 0 bridgehead atoms. The SMILES string of the molecule is CCCC(N)=O.CCCc1c(N2CCNCC2)ccnc1C. The van der Waals surface area contributed by atoms with Crippen molar-refractivity contribution in [2.75, 3.05) is 31.1 Å². The minimum absolute atomic E-state index is 0.211. The van der Waals surface area contributed by atoms with Gasteiger partial charge in [0.1, 0.15) is 0 Å². The second-order valence-electron chi connectivity index (χ2n) is 5.60. The zero-order chi connectivity index (χ0) is 16.4. The van der Waals surface area contributed by atoms with E-state index >= 15 is 0 Å². The van der Waals surface area contributed by atoms with Crippen LogP contribution >= 0.6 is 0 Å². The molecule has 1 amide bonds.